The molecule has 2 bridgehead atoms. The molecule has 15 heteroatoms. The lowest BCUT2D eigenvalue weighted by Crippen LogP contribution is -2.71. The van der Waals surface area contributed by atoms with Gasteiger partial charge in [0.1, 0.15) is 36.5 Å². The molecule has 5 aliphatic rings. The molecule has 0 aliphatic carbocycles. The Morgan fingerprint density at radius 3 is 2.54 bits per heavy atom. The minimum absolute atomic E-state index is 0.0119. The molecule has 6 rings (SSSR count). The standard InChI is InChI=1S/C22H27N7O6S2/c1-35-27-13(12-10-37-21(24)25-12)16(30)26-14-17(31)28-15(19(32)33)11(9-36-18(14)28)8-29-5-2-22(3-6-29,4-7-29)20(23)34/h10,14,18H,2-9H2,1H3,(H5-,23,24,25,26,30,32,33,34)/p+1/b27-13-/t14-,18-,22?,29?/m1/s1. The number of hydrogen-bond donors (Lipinski definition) is 4. The maximum absolute atomic E-state index is 13.1. The van der Waals surface area contributed by atoms with Crippen LogP contribution in [-0.4, -0.2) is 99.3 Å². The van der Waals surface area contributed by atoms with Crippen molar-refractivity contribution in [3.63, 3.8) is 0 Å². The Hall–Kier alpha value is -3.17. The number of primary amides is 1. The van der Waals surface area contributed by atoms with E-state index in [1.807, 2.05) is 0 Å². The number of hydrogen-bond acceptors (Lipinski definition) is 10. The van der Waals surface area contributed by atoms with E-state index in [1.165, 1.54) is 23.8 Å². The van der Waals surface area contributed by atoms with E-state index in [4.69, 9.17) is 16.3 Å². The number of carbonyl (C=O) groups is 4. The molecule has 0 unspecified atom stereocenters. The first-order valence-corrected chi connectivity index (χ1v) is 13.7. The van der Waals surface area contributed by atoms with E-state index in [9.17, 15) is 24.3 Å². The van der Waals surface area contributed by atoms with Crippen molar-refractivity contribution >= 4 is 57.6 Å². The van der Waals surface area contributed by atoms with Crippen LogP contribution in [-0.2, 0) is 24.0 Å². The van der Waals surface area contributed by atoms with Gasteiger partial charge in [-0.25, -0.2) is 9.78 Å². The summed E-state index contributed by atoms with van der Waals surface area (Å²) in [7, 11) is 1.28. The first-order valence-electron chi connectivity index (χ1n) is 11.8. The van der Waals surface area contributed by atoms with Crippen LogP contribution in [0.15, 0.2) is 21.8 Å². The van der Waals surface area contributed by atoms with Crippen molar-refractivity contribution in [2.45, 2.75) is 30.7 Å². The number of carbonyl (C=O) groups excluding carboxylic acids is 3. The average molecular weight is 551 g/mol. The first kappa shape index (κ1) is 25.5. The second-order valence-electron chi connectivity index (χ2n) is 9.88. The van der Waals surface area contributed by atoms with Crippen LogP contribution < -0.4 is 16.8 Å². The Bertz CT molecular complexity index is 1220. The van der Waals surface area contributed by atoms with Gasteiger partial charge in [0.05, 0.1) is 25.0 Å². The van der Waals surface area contributed by atoms with Crippen molar-refractivity contribution in [3.8, 4) is 0 Å². The number of anilines is 1. The third kappa shape index (κ3) is 4.24. The zero-order valence-corrected chi connectivity index (χ0v) is 21.8. The van der Waals surface area contributed by atoms with Crippen LogP contribution in [0.25, 0.3) is 0 Å². The van der Waals surface area contributed by atoms with Gasteiger partial charge in [-0.1, -0.05) is 5.16 Å². The number of piperidine rings is 3. The van der Waals surface area contributed by atoms with Gasteiger partial charge in [-0.2, -0.15) is 0 Å². The van der Waals surface area contributed by atoms with E-state index in [-0.39, 0.29) is 28.1 Å². The van der Waals surface area contributed by atoms with Crippen LogP contribution >= 0.6 is 23.1 Å². The van der Waals surface area contributed by atoms with Crippen molar-refractivity contribution in [1.29, 1.82) is 0 Å². The van der Waals surface area contributed by atoms with Gasteiger partial charge in [0, 0.05) is 36.0 Å². The molecule has 0 spiro atoms. The number of thioether (sulfide) groups is 1. The number of quaternary nitrogens is 1. The zero-order chi connectivity index (χ0) is 26.5. The molecule has 0 saturated carbocycles. The number of β-lactam (4-membered cyclic amide) rings is 1. The minimum Gasteiger partial charge on any atom is -0.477 e. The number of amides is 3. The summed E-state index contributed by atoms with van der Waals surface area (Å²) in [5, 5.41) is 17.7. The molecule has 13 nitrogen and oxygen atoms in total. The number of fused-ring (bicyclic) bond motifs is 4. The van der Waals surface area contributed by atoms with E-state index >= 15 is 0 Å². The lowest BCUT2D eigenvalue weighted by molar-refractivity contribution is -0.940. The van der Waals surface area contributed by atoms with E-state index < -0.39 is 34.6 Å². The third-order valence-corrected chi connectivity index (χ3v) is 9.96. The predicted octanol–water partition coefficient (Wildman–Crippen LogP) is -0.700. The summed E-state index contributed by atoms with van der Waals surface area (Å²) in [6.45, 7) is 2.77. The highest BCUT2D eigenvalue weighted by atomic mass is 32.2. The lowest BCUT2D eigenvalue weighted by atomic mass is 9.70. The SMILES string of the molecule is CO/N=C(\C(=O)N[C@@H]1C(=O)N2C(C(=O)O)=C(C[N+]34CCC(C(N)=O)(CC3)CC4)CS[C@H]12)c1csc(N)n1. The largest absolute Gasteiger partial charge is 0.477 e. The molecule has 198 valence electrons. The number of thiazole rings is 1. The van der Waals surface area contributed by atoms with E-state index in [0.29, 0.717) is 41.6 Å². The van der Waals surface area contributed by atoms with Gasteiger partial charge in [-0.05, 0) is 0 Å². The molecular weight excluding hydrogens is 522 g/mol. The second kappa shape index (κ2) is 9.29. The molecular formula is C22H28N7O6S2+. The number of oxime groups is 1. The summed E-state index contributed by atoms with van der Waals surface area (Å²) in [6, 6.07) is -0.917. The molecule has 3 amide bonds. The van der Waals surface area contributed by atoms with Gasteiger partial charge in [0.25, 0.3) is 11.8 Å². The summed E-state index contributed by atoms with van der Waals surface area (Å²) >= 11 is 2.55. The van der Waals surface area contributed by atoms with Crippen LogP contribution in [0.1, 0.15) is 25.0 Å². The number of rotatable bonds is 8. The number of carboxylic acid groups (broad SMARTS) is 1. The van der Waals surface area contributed by atoms with Crippen LogP contribution in [0, 0.1) is 5.41 Å². The number of nitrogen functional groups attached to an aromatic ring is 1. The molecule has 1 aromatic rings. The monoisotopic (exact) mass is 550 g/mol. The Kier molecular flexibility index (Phi) is 6.40. The fourth-order valence-corrected chi connectivity index (χ4v) is 7.67. The Balaban J connectivity index is 1.32. The topological polar surface area (TPSA) is 190 Å². The molecule has 6 heterocycles. The van der Waals surface area contributed by atoms with Crippen molar-refractivity contribution in [1.82, 2.24) is 15.2 Å². The van der Waals surface area contributed by atoms with Crippen molar-refractivity contribution in [3.05, 3.63) is 22.3 Å². The summed E-state index contributed by atoms with van der Waals surface area (Å²) in [6.07, 6.45) is 2.08. The van der Waals surface area contributed by atoms with Crippen LogP contribution in [0.5, 0.6) is 0 Å². The van der Waals surface area contributed by atoms with Gasteiger partial charge in [0.15, 0.2) is 10.8 Å². The number of aromatic nitrogens is 1. The first-order chi connectivity index (χ1) is 17.6. The fraction of sp³-hybridized carbons (Fsp3) is 0.545. The molecule has 0 radical (unpaired) electrons. The maximum Gasteiger partial charge on any atom is 0.352 e. The highest BCUT2D eigenvalue weighted by Crippen LogP contribution is 2.46. The van der Waals surface area contributed by atoms with Gasteiger partial charge >= 0.3 is 5.97 Å². The zero-order valence-electron chi connectivity index (χ0n) is 20.1. The Labute approximate surface area is 220 Å². The van der Waals surface area contributed by atoms with E-state index in [0.717, 1.165) is 31.0 Å². The quantitative estimate of drug-likeness (QED) is 0.140. The van der Waals surface area contributed by atoms with Gasteiger partial charge in [0.2, 0.25) is 5.91 Å². The fourth-order valence-electron chi connectivity index (χ4n) is 5.78. The molecule has 4 saturated heterocycles. The highest BCUT2D eigenvalue weighted by Gasteiger charge is 2.57. The van der Waals surface area contributed by atoms with E-state index in [1.54, 1.807) is 5.38 Å². The van der Waals surface area contributed by atoms with E-state index in [2.05, 4.69) is 15.5 Å². The van der Waals surface area contributed by atoms with Crippen LogP contribution in [0.4, 0.5) is 5.13 Å². The summed E-state index contributed by atoms with van der Waals surface area (Å²) in [4.78, 5) is 60.4. The highest BCUT2D eigenvalue weighted by molar-refractivity contribution is 8.00. The number of nitrogens with one attached hydrogen (secondary N) is 1. The van der Waals surface area contributed by atoms with Crippen LogP contribution in [0.2, 0.25) is 0 Å². The van der Waals surface area contributed by atoms with Gasteiger partial charge < -0.3 is 31.2 Å². The second-order valence-corrected chi connectivity index (χ2v) is 11.9. The van der Waals surface area contributed by atoms with Gasteiger partial charge in [-0.3, -0.25) is 19.3 Å². The molecule has 4 fully saturated rings. The minimum atomic E-state index is -1.17. The van der Waals surface area contributed by atoms with Crippen molar-refractivity contribution < 1.29 is 33.6 Å². The van der Waals surface area contributed by atoms with Crippen molar-refractivity contribution in [2.24, 2.45) is 16.3 Å². The Morgan fingerprint density at radius 1 is 1.32 bits per heavy atom. The van der Waals surface area contributed by atoms with Crippen LogP contribution in [0.3, 0.4) is 0 Å². The number of nitrogens with two attached hydrogens (primary N) is 2. The summed E-state index contributed by atoms with van der Waals surface area (Å²) in [5.41, 5.74) is 11.7. The number of nitrogens with zero attached hydrogens (tertiary/aromatic N) is 4. The number of carboxylic acids is 1. The predicted molar refractivity (Wildman–Crippen MR) is 135 cm³/mol. The third-order valence-electron chi connectivity index (χ3n) is 7.94. The summed E-state index contributed by atoms with van der Waals surface area (Å²) < 4.78 is 0.697. The van der Waals surface area contributed by atoms with Gasteiger partial charge in [-0.15, -0.1) is 23.1 Å². The maximum atomic E-state index is 13.1. The Morgan fingerprint density at radius 2 is 2.00 bits per heavy atom. The molecule has 5 aliphatic heterocycles. The van der Waals surface area contributed by atoms with Crippen molar-refractivity contribution in [2.75, 3.05) is 44.8 Å². The molecule has 37 heavy (non-hydrogen) atoms. The molecule has 6 N–H and O–H groups in total. The normalized spacial score (nSPS) is 31.0. The molecule has 2 atom stereocenters. The lowest BCUT2D eigenvalue weighted by Gasteiger charge is -2.55. The molecule has 0 aromatic carbocycles. The number of aliphatic carboxylic acids is 1. The molecule has 1 aromatic heterocycles. The summed E-state index contributed by atoms with van der Waals surface area (Å²) in [5.74, 6) is -2.17. The smallest absolute Gasteiger partial charge is 0.352 e. The average Bonchev–Trinajstić information content (AvgIpc) is 3.31.